The number of aromatic nitrogens is 3. The molecule has 4 aromatic rings. The number of thiol groups is 1. The monoisotopic (exact) mass is 381 g/mol. The van der Waals surface area contributed by atoms with E-state index >= 15 is 0 Å². The summed E-state index contributed by atoms with van der Waals surface area (Å²) in [6.45, 7) is -0.186. The van der Waals surface area contributed by atoms with Crippen molar-refractivity contribution in [3.05, 3.63) is 60.2 Å². The zero-order valence-electron chi connectivity index (χ0n) is 15.0. The predicted octanol–water partition coefficient (Wildman–Crippen LogP) is 3.57. The number of aliphatic hydroxyl groups excluding tert-OH is 1. The molecule has 0 bridgehead atoms. The van der Waals surface area contributed by atoms with Gasteiger partial charge in [0.1, 0.15) is 17.8 Å². The highest BCUT2D eigenvalue weighted by Crippen LogP contribution is 2.38. The molecule has 0 aliphatic rings. The molecule has 7 heteroatoms. The van der Waals surface area contributed by atoms with E-state index < -0.39 is 5.25 Å². The molecule has 0 amide bonds. The highest BCUT2D eigenvalue weighted by Gasteiger charge is 2.22. The first-order valence-electron chi connectivity index (χ1n) is 8.42. The minimum absolute atomic E-state index is 0.186. The molecule has 1 unspecified atom stereocenters. The second-order valence-corrected chi connectivity index (χ2v) is 6.57. The van der Waals surface area contributed by atoms with Gasteiger partial charge in [0.2, 0.25) is 0 Å². The van der Waals surface area contributed by atoms with Crippen molar-refractivity contribution >= 4 is 34.4 Å². The Morgan fingerprint density at radius 3 is 2.59 bits per heavy atom. The summed E-state index contributed by atoms with van der Waals surface area (Å²) in [4.78, 5) is 9.23. The number of hydrogen-bond acceptors (Lipinski definition) is 6. The van der Waals surface area contributed by atoms with Crippen LogP contribution >= 0.6 is 12.6 Å². The Hall–Kier alpha value is -2.77. The smallest absolute Gasteiger partial charge is 0.161 e. The number of para-hydroxylation sites is 2. The van der Waals surface area contributed by atoms with Gasteiger partial charge in [0, 0.05) is 11.6 Å². The van der Waals surface area contributed by atoms with Gasteiger partial charge < -0.3 is 19.1 Å². The van der Waals surface area contributed by atoms with E-state index in [0.29, 0.717) is 17.3 Å². The average Bonchev–Trinajstić information content (AvgIpc) is 3.10. The number of benzene rings is 2. The number of methoxy groups -OCH3 is 2. The highest BCUT2D eigenvalue weighted by molar-refractivity contribution is 7.80. The summed E-state index contributed by atoms with van der Waals surface area (Å²) in [7, 11) is 3.21. The number of rotatable bonds is 5. The van der Waals surface area contributed by atoms with Crippen molar-refractivity contribution in [3.63, 3.8) is 0 Å². The summed E-state index contributed by atoms with van der Waals surface area (Å²) < 4.78 is 12.6. The third-order valence-electron chi connectivity index (χ3n) is 4.63. The van der Waals surface area contributed by atoms with Crippen LogP contribution in [0.1, 0.15) is 16.8 Å². The van der Waals surface area contributed by atoms with E-state index in [1.807, 2.05) is 42.5 Å². The maximum Gasteiger partial charge on any atom is 0.161 e. The standard InChI is InChI=1S/C20H19N3O3S/c1-25-16-9-12-7-8-21-18(13(12)10-17(16)26-2)19(27)20-22-14-5-3-4-6-15(14)23(20)11-24/h3-10,19,24,27H,11H2,1-2H3. The van der Waals surface area contributed by atoms with E-state index in [0.717, 1.165) is 27.5 Å². The molecule has 1 atom stereocenters. The van der Waals surface area contributed by atoms with Crippen molar-refractivity contribution in [2.24, 2.45) is 0 Å². The van der Waals surface area contributed by atoms with E-state index in [-0.39, 0.29) is 6.73 Å². The quantitative estimate of drug-likeness (QED) is 0.517. The van der Waals surface area contributed by atoms with Crippen LogP contribution in [-0.2, 0) is 6.73 Å². The predicted molar refractivity (Wildman–Crippen MR) is 108 cm³/mol. The van der Waals surface area contributed by atoms with E-state index in [2.05, 4.69) is 9.97 Å². The van der Waals surface area contributed by atoms with Gasteiger partial charge in [-0.3, -0.25) is 4.98 Å². The van der Waals surface area contributed by atoms with Crippen LogP contribution in [-0.4, -0.2) is 33.9 Å². The van der Waals surface area contributed by atoms with Crippen LogP contribution < -0.4 is 9.47 Å². The second-order valence-electron chi connectivity index (χ2n) is 6.06. The lowest BCUT2D eigenvalue weighted by Gasteiger charge is -2.16. The first-order valence-corrected chi connectivity index (χ1v) is 8.94. The maximum absolute atomic E-state index is 9.90. The minimum Gasteiger partial charge on any atom is -0.493 e. The number of pyridine rings is 1. The van der Waals surface area contributed by atoms with Crippen molar-refractivity contribution in [1.82, 2.24) is 14.5 Å². The number of nitrogens with zero attached hydrogens (tertiary/aromatic N) is 3. The molecular formula is C20H19N3O3S. The number of ether oxygens (including phenoxy) is 2. The Morgan fingerprint density at radius 1 is 1.11 bits per heavy atom. The maximum atomic E-state index is 9.90. The zero-order valence-corrected chi connectivity index (χ0v) is 15.9. The fourth-order valence-electron chi connectivity index (χ4n) is 3.31. The molecule has 6 nitrogen and oxygen atoms in total. The first-order chi connectivity index (χ1) is 13.2. The molecule has 0 radical (unpaired) electrons. The Balaban J connectivity index is 1.92. The van der Waals surface area contributed by atoms with E-state index in [1.54, 1.807) is 25.0 Å². The number of imidazole rings is 1. The van der Waals surface area contributed by atoms with Gasteiger partial charge in [-0.2, -0.15) is 12.6 Å². The third-order valence-corrected chi connectivity index (χ3v) is 5.10. The van der Waals surface area contributed by atoms with Crippen LogP contribution in [0.25, 0.3) is 21.8 Å². The second kappa shape index (κ2) is 7.09. The zero-order chi connectivity index (χ0) is 19.0. The summed E-state index contributed by atoms with van der Waals surface area (Å²) in [6.07, 6.45) is 1.73. The molecule has 0 fully saturated rings. The molecule has 1 N–H and O–H groups in total. The van der Waals surface area contributed by atoms with Crippen LogP contribution in [0.15, 0.2) is 48.7 Å². The number of hydrogen-bond donors (Lipinski definition) is 2. The van der Waals surface area contributed by atoms with Crippen LogP contribution in [0, 0.1) is 0 Å². The lowest BCUT2D eigenvalue weighted by atomic mass is 10.1. The van der Waals surface area contributed by atoms with Gasteiger partial charge in [-0.1, -0.05) is 12.1 Å². The fourth-order valence-corrected chi connectivity index (χ4v) is 3.72. The van der Waals surface area contributed by atoms with E-state index in [9.17, 15) is 5.11 Å². The van der Waals surface area contributed by atoms with Crippen molar-refractivity contribution < 1.29 is 14.6 Å². The molecule has 0 aliphatic heterocycles. The SMILES string of the molecule is COc1cc2ccnc(C(S)c3nc4ccccc4n3CO)c2cc1OC. The van der Waals surface area contributed by atoms with Gasteiger partial charge in [-0.25, -0.2) is 4.98 Å². The summed E-state index contributed by atoms with van der Waals surface area (Å²) in [5, 5.41) is 11.3. The summed E-state index contributed by atoms with van der Waals surface area (Å²) in [5.74, 6) is 1.91. The molecule has 0 spiro atoms. The summed E-state index contributed by atoms with van der Waals surface area (Å²) in [6, 6.07) is 13.4. The summed E-state index contributed by atoms with van der Waals surface area (Å²) in [5.41, 5.74) is 2.40. The van der Waals surface area contributed by atoms with Crippen LogP contribution in [0.5, 0.6) is 11.5 Å². The highest BCUT2D eigenvalue weighted by atomic mass is 32.1. The van der Waals surface area contributed by atoms with Crippen molar-refractivity contribution in [2.45, 2.75) is 12.0 Å². The Kier molecular flexibility index (Phi) is 4.63. The molecular weight excluding hydrogens is 362 g/mol. The average molecular weight is 381 g/mol. The van der Waals surface area contributed by atoms with Gasteiger partial charge in [0.25, 0.3) is 0 Å². The van der Waals surface area contributed by atoms with Crippen LogP contribution in [0.2, 0.25) is 0 Å². The fraction of sp³-hybridized carbons (Fsp3) is 0.200. The molecule has 0 saturated heterocycles. The lowest BCUT2D eigenvalue weighted by Crippen LogP contribution is -2.08. The van der Waals surface area contributed by atoms with Crippen LogP contribution in [0.4, 0.5) is 0 Å². The summed E-state index contributed by atoms with van der Waals surface area (Å²) >= 11 is 4.80. The molecule has 2 aromatic heterocycles. The molecule has 27 heavy (non-hydrogen) atoms. The van der Waals surface area contributed by atoms with Crippen molar-refractivity contribution in [1.29, 1.82) is 0 Å². The van der Waals surface area contributed by atoms with Crippen molar-refractivity contribution in [3.8, 4) is 11.5 Å². The largest absolute Gasteiger partial charge is 0.493 e. The minimum atomic E-state index is -0.425. The van der Waals surface area contributed by atoms with Gasteiger partial charge in [-0.05, 0) is 35.7 Å². The van der Waals surface area contributed by atoms with Crippen LogP contribution in [0.3, 0.4) is 0 Å². The lowest BCUT2D eigenvalue weighted by molar-refractivity contribution is 0.211. The molecule has 4 rings (SSSR count). The Bertz CT molecular complexity index is 1130. The van der Waals surface area contributed by atoms with Gasteiger partial charge >= 0.3 is 0 Å². The van der Waals surface area contributed by atoms with Gasteiger partial charge in [-0.15, -0.1) is 0 Å². The normalized spacial score (nSPS) is 12.4. The van der Waals surface area contributed by atoms with Gasteiger partial charge in [0.05, 0.1) is 30.9 Å². The first kappa shape index (κ1) is 17.6. The molecule has 0 aliphatic carbocycles. The third kappa shape index (κ3) is 2.89. The Morgan fingerprint density at radius 2 is 1.85 bits per heavy atom. The van der Waals surface area contributed by atoms with Crippen molar-refractivity contribution in [2.75, 3.05) is 14.2 Å². The molecule has 2 aromatic carbocycles. The molecule has 0 saturated carbocycles. The Labute approximate surface area is 161 Å². The molecule has 138 valence electrons. The molecule has 2 heterocycles. The van der Waals surface area contributed by atoms with E-state index in [4.69, 9.17) is 22.1 Å². The number of fused-ring (bicyclic) bond motifs is 2. The van der Waals surface area contributed by atoms with Gasteiger partial charge in [0.15, 0.2) is 11.5 Å². The number of aliphatic hydroxyl groups is 1. The topological polar surface area (TPSA) is 69.4 Å². The van der Waals surface area contributed by atoms with E-state index in [1.165, 1.54) is 0 Å².